The predicted octanol–water partition coefficient (Wildman–Crippen LogP) is 5.05. The van der Waals surface area contributed by atoms with Gasteiger partial charge in [0.1, 0.15) is 11.5 Å². The summed E-state index contributed by atoms with van der Waals surface area (Å²) < 4.78 is 8.27. The van der Waals surface area contributed by atoms with Gasteiger partial charge in [-0.05, 0) is 67.2 Å². The number of hydrogen-bond donors (Lipinski definition) is 1. The van der Waals surface area contributed by atoms with E-state index >= 15 is 0 Å². The number of aliphatic hydroxyl groups excluding tert-OH is 1. The van der Waals surface area contributed by atoms with E-state index in [1.807, 2.05) is 66.9 Å². The van der Waals surface area contributed by atoms with Crippen LogP contribution in [0.1, 0.15) is 25.1 Å². The van der Waals surface area contributed by atoms with Crippen LogP contribution in [0.5, 0.6) is 11.5 Å². The van der Waals surface area contributed by atoms with Crippen LogP contribution in [-0.4, -0.2) is 32.4 Å². The van der Waals surface area contributed by atoms with Gasteiger partial charge in [0.25, 0.3) is 0 Å². The number of nitrogens with zero attached hydrogens (tertiary/aromatic N) is 2. The Morgan fingerprint density at radius 3 is 2.39 bits per heavy atom. The Hall–Kier alpha value is -2.47. The molecule has 3 atom stereocenters. The molecule has 0 spiro atoms. The predicted molar refractivity (Wildman–Crippen MR) is 115 cm³/mol. The van der Waals surface area contributed by atoms with Crippen molar-refractivity contribution in [3.63, 3.8) is 0 Å². The highest BCUT2D eigenvalue weighted by Crippen LogP contribution is 2.43. The van der Waals surface area contributed by atoms with Crippen molar-refractivity contribution in [2.24, 2.45) is 0 Å². The SMILES string of the molecule is C/C=S(\c1ccc(Oc2ccccc2)cc1)N1C[C@H](O)CC1c1ccccn1. The third-order valence-corrected chi connectivity index (χ3v) is 6.89. The lowest BCUT2D eigenvalue weighted by Gasteiger charge is -2.27. The highest BCUT2D eigenvalue weighted by molar-refractivity contribution is 8.13. The second kappa shape index (κ2) is 8.69. The van der Waals surface area contributed by atoms with Crippen LogP contribution in [0.2, 0.25) is 0 Å². The van der Waals surface area contributed by atoms with E-state index in [0.29, 0.717) is 13.0 Å². The number of aliphatic hydroxyl groups is 1. The quantitative estimate of drug-likeness (QED) is 0.618. The molecule has 4 nitrogen and oxygen atoms in total. The second-order valence-electron chi connectivity index (χ2n) is 6.70. The maximum absolute atomic E-state index is 10.3. The fourth-order valence-corrected chi connectivity index (χ4v) is 5.55. The van der Waals surface area contributed by atoms with Crippen LogP contribution >= 0.6 is 10.7 Å². The molecule has 1 saturated heterocycles. The highest BCUT2D eigenvalue weighted by Gasteiger charge is 2.34. The van der Waals surface area contributed by atoms with Gasteiger partial charge in [0.15, 0.2) is 0 Å². The van der Waals surface area contributed by atoms with E-state index in [0.717, 1.165) is 17.2 Å². The minimum Gasteiger partial charge on any atom is -0.457 e. The van der Waals surface area contributed by atoms with Gasteiger partial charge in [-0.2, -0.15) is 0 Å². The Morgan fingerprint density at radius 1 is 1.00 bits per heavy atom. The summed E-state index contributed by atoms with van der Waals surface area (Å²) in [5.41, 5.74) is 1.02. The Labute approximate surface area is 168 Å². The summed E-state index contributed by atoms with van der Waals surface area (Å²) in [5.74, 6) is 1.64. The lowest BCUT2D eigenvalue weighted by atomic mass is 10.1. The molecular formula is C23H24N2O2S. The molecule has 1 N–H and O–H groups in total. The molecule has 4 rings (SSSR count). The van der Waals surface area contributed by atoms with Crippen molar-refractivity contribution in [1.29, 1.82) is 0 Å². The van der Waals surface area contributed by atoms with Crippen molar-refractivity contribution >= 4 is 16.0 Å². The average Bonchev–Trinajstić information content (AvgIpc) is 3.13. The van der Waals surface area contributed by atoms with Crippen molar-refractivity contribution in [2.45, 2.75) is 30.4 Å². The minimum atomic E-state index is -0.331. The Morgan fingerprint density at radius 2 is 1.71 bits per heavy atom. The molecule has 5 heteroatoms. The zero-order valence-electron chi connectivity index (χ0n) is 15.8. The van der Waals surface area contributed by atoms with Gasteiger partial charge in [-0.1, -0.05) is 34.9 Å². The summed E-state index contributed by atoms with van der Waals surface area (Å²) >= 11 is 0. The molecule has 144 valence electrons. The number of pyridine rings is 1. The van der Waals surface area contributed by atoms with Gasteiger partial charge in [-0.15, -0.1) is 0 Å². The van der Waals surface area contributed by atoms with Gasteiger partial charge < -0.3 is 9.84 Å². The molecule has 0 radical (unpaired) electrons. The molecule has 0 aliphatic carbocycles. The first-order chi connectivity index (χ1) is 13.7. The van der Waals surface area contributed by atoms with E-state index in [1.165, 1.54) is 4.90 Å². The van der Waals surface area contributed by atoms with E-state index in [1.54, 1.807) is 0 Å². The number of aromatic nitrogens is 1. The van der Waals surface area contributed by atoms with Crippen molar-refractivity contribution in [2.75, 3.05) is 6.54 Å². The van der Waals surface area contributed by atoms with Crippen LogP contribution in [0.15, 0.2) is 83.9 Å². The first-order valence-electron chi connectivity index (χ1n) is 9.46. The zero-order valence-corrected chi connectivity index (χ0v) is 16.6. The number of ether oxygens (including phenoxy) is 1. The van der Waals surface area contributed by atoms with Gasteiger partial charge >= 0.3 is 0 Å². The second-order valence-corrected chi connectivity index (χ2v) is 8.74. The fourth-order valence-electron chi connectivity index (χ4n) is 3.52. The van der Waals surface area contributed by atoms with Crippen LogP contribution in [0.25, 0.3) is 0 Å². The van der Waals surface area contributed by atoms with E-state index in [4.69, 9.17) is 4.74 Å². The van der Waals surface area contributed by atoms with Crippen LogP contribution in [0, 0.1) is 0 Å². The fraction of sp³-hybridized carbons (Fsp3) is 0.217. The van der Waals surface area contributed by atoms with Crippen molar-refractivity contribution in [3.05, 3.63) is 84.7 Å². The Kier molecular flexibility index (Phi) is 5.86. The standard InChI is InChI=1S/C23H24N2O2S/c1-2-28(25-17-18(26)16-23(25)22-10-6-7-15-24-22)21-13-11-20(12-14-21)27-19-8-4-3-5-9-19/h2-15,18,23,26H,16-17H2,1H3/t18-,23?,28?/m1/s1. The molecule has 1 aliphatic rings. The monoisotopic (exact) mass is 392 g/mol. The van der Waals surface area contributed by atoms with Crippen LogP contribution in [0.4, 0.5) is 0 Å². The first-order valence-corrected chi connectivity index (χ1v) is 10.7. The highest BCUT2D eigenvalue weighted by atomic mass is 32.2. The van der Waals surface area contributed by atoms with Crippen LogP contribution < -0.4 is 4.74 Å². The van der Waals surface area contributed by atoms with Crippen molar-refractivity contribution < 1.29 is 9.84 Å². The normalized spacial score (nSPS) is 20.9. The van der Waals surface area contributed by atoms with Gasteiger partial charge in [0.05, 0.1) is 17.8 Å². The molecule has 0 amide bonds. The van der Waals surface area contributed by atoms with Crippen LogP contribution in [-0.2, 0) is 0 Å². The molecule has 28 heavy (non-hydrogen) atoms. The summed E-state index contributed by atoms with van der Waals surface area (Å²) in [7, 11) is -0.223. The molecule has 0 bridgehead atoms. The Bertz CT molecular complexity index is 930. The zero-order chi connectivity index (χ0) is 19.3. The minimum absolute atomic E-state index is 0.121. The number of para-hydroxylation sites is 1. The van der Waals surface area contributed by atoms with E-state index < -0.39 is 0 Å². The third kappa shape index (κ3) is 4.17. The van der Waals surface area contributed by atoms with E-state index in [9.17, 15) is 5.11 Å². The maximum atomic E-state index is 10.3. The molecule has 2 aromatic carbocycles. The Balaban J connectivity index is 1.56. The summed E-state index contributed by atoms with van der Waals surface area (Å²) in [6.45, 7) is 2.73. The molecule has 1 aromatic heterocycles. The largest absolute Gasteiger partial charge is 0.457 e. The number of hydrogen-bond acceptors (Lipinski definition) is 4. The summed E-state index contributed by atoms with van der Waals surface area (Å²) in [6, 6.07) is 24.1. The van der Waals surface area contributed by atoms with Gasteiger partial charge in [-0.25, -0.2) is 4.31 Å². The summed E-state index contributed by atoms with van der Waals surface area (Å²) in [4.78, 5) is 5.74. The average molecular weight is 393 g/mol. The van der Waals surface area contributed by atoms with Crippen LogP contribution in [0.3, 0.4) is 0 Å². The third-order valence-electron chi connectivity index (χ3n) is 4.78. The topological polar surface area (TPSA) is 45.6 Å². The number of β-amino-alcohol motifs (C(OH)–C–C–N with tert-alkyl or cyclic N) is 1. The molecular weight excluding hydrogens is 368 g/mol. The van der Waals surface area contributed by atoms with E-state index in [-0.39, 0.29) is 22.8 Å². The lowest BCUT2D eigenvalue weighted by Crippen LogP contribution is -2.20. The van der Waals surface area contributed by atoms with Gasteiger partial charge in [0, 0.05) is 17.6 Å². The first kappa shape index (κ1) is 18.9. The number of rotatable bonds is 5. The van der Waals surface area contributed by atoms with Gasteiger partial charge in [0.2, 0.25) is 0 Å². The molecule has 0 saturated carbocycles. The molecule has 3 aromatic rings. The van der Waals surface area contributed by atoms with Gasteiger partial charge in [-0.3, -0.25) is 4.98 Å². The number of benzene rings is 2. The lowest BCUT2D eigenvalue weighted by molar-refractivity contribution is 0.189. The van der Waals surface area contributed by atoms with E-state index in [2.05, 4.69) is 33.7 Å². The molecule has 2 heterocycles. The smallest absolute Gasteiger partial charge is 0.127 e. The maximum Gasteiger partial charge on any atom is 0.127 e. The molecule has 2 unspecified atom stereocenters. The summed E-state index contributed by atoms with van der Waals surface area (Å²) in [5, 5.41) is 12.5. The molecule has 1 fully saturated rings. The van der Waals surface area contributed by atoms with Crippen molar-refractivity contribution in [3.8, 4) is 11.5 Å². The summed E-state index contributed by atoms with van der Waals surface area (Å²) in [6.07, 6.45) is 2.20. The molecule has 1 aliphatic heterocycles. The van der Waals surface area contributed by atoms with Crippen molar-refractivity contribution in [1.82, 2.24) is 9.29 Å².